The maximum absolute atomic E-state index is 5.79. The van der Waals surface area contributed by atoms with Crippen molar-refractivity contribution >= 4 is 0 Å². The van der Waals surface area contributed by atoms with Crippen molar-refractivity contribution < 1.29 is 4.74 Å². The van der Waals surface area contributed by atoms with Crippen LogP contribution in [0, 0.1) is 0 Å². The lowest BCUT2D eigenvalue weighted by atomic mass is 10.1. The van der Waals surface area contributed by atoms with Crippen LogP contribution >= 0.6 is 0 Å². The summed E-state index contributed by atoms with van der Waals surface area (Å²) in [5.74, 6) is 0. The summed E-state index contributed by atoms with van der Waals surface area (Å²) in [7, 11) is 0. The second-order valence-electron chi connectivity index (χ2n) is 4.43. The summed E-state index contributed by atoms with van der Waals surface area (Å²) >= 11 is 0. The molecule has 1 saturated carbocycles. The van der Waals surface area contributed by atoms with Crippen molar-refractivity contribution in [1.82, 2.24) is 0 Å². The molecule has 1 aliphatic carbocycles. The largest absolute Gasteiger partial charge is 0.373 e. The van der Waals surface area contributed by atoms with E-state index in [0.29, 0.717) is 12.1 Å². The van der Waals surface area contributed by atoms with Gasteiger partial charge in [0.2, 0.25) is 0 Å². The van der Waals surface area contributed by atoms with Crippen molar-refractivity contribution in [2.75, 3.05) is 0 Å². The van der Waals surface area contributed by atoms with Gasteiger partial charge in [0, 0.05) is 6.04 Å². The van der Waals surface area contributed by atoms with Crippen molar-refractivity contribution in [3.8, 4) is 0 Å². The highest BCUT2D eigenvalue weighted by molar-refractivity contribution is 4.80. The number of nitrogens with two attached hydrogens (primary N) is 1. The van der Waals surface area contributed by atoms with E-state index in [4.69, 9.17) is 10.5 Å². The fourth-order valence-corrected chi connectivity index (χ4v) is 1.58. The van der Waals surface area contributed by atoms with Crippen molar-refractivity contribution in [2.45, 2.75) is 57.8 Å². The average Bonchev–Trinajstić information content (AvgIpc) is 2.10. The number of ether oxygens (including phenoxy) is 1. The third-order valence-corrected chi connectivity index (χ3v) is 1.95. The van der Waals surface area contributed by atoms with E-state index in [0.717, 1.165) is 19.3 Å². The van der Waals surface area contributed by atoms with Crippen LogP contribution in [0.2, 0.25) is 0 Å². The quantitative estimate of drug-likeness (QED) is 0.628. The predicted octanol–water partition coefficient (Wildman–Crippen LogP) is 1.68. The Morgan fingerprint density at radius 1 is 1.27 bits per heavy atom. The summed E-state index contributed by atoms with van der Waals surface area (Å²) in [5, 5.41) is 0. The minimum Gasteiger partial charge on any atom is -0.373 e. The van der Waals surface area contributed by atoms with Gasteiger partial charge in [0.15, 0.2) is 0 Å². The Morgan fingerprint density at radius 3 is 2.27 bits per heavy atom. The third kappa shape index (κ3) is 3.21. The Hall–Kier alpha value is -0.0800. The average molecular weight is 157 g/mol. The molecule has 1 fully saturated rings. The summed E-state index contributed by atoms with van der Waals surface area (Å²) in [6.45, 7) is 6.28. The van der Waals surface area contributed by atoms with Gasteiger partial charge in [-0.3, -0.25) is 0 Å². The Labute approximate surface area is 69.1 Å². The molecule has 0 aromatic carbocycles. The molecule has 2 nitrogen and oxygen atoms in total. The van der Waals surface area contributed by atoms with Crippen molar-refractivity contribution in [2.24, 2.45) is 5.73 Å². The Kier molecular flexibility index (Phi) is 2.55. The van der Waals surface area contributed by atoms with E-state index in [-0.39, 0.29) is 5.60 Å². The van der Waals surface area contributed by atoms with E-state index < -0.39 is 0 Å². The van der Waals surface area contributed by atoms with E-state index in [9.17, 15) is 0 Å². The first kappa shape index (κ1) is 9.01. The normalized spacial score (nSPS) is 32.7. The standard InChI is InChI=1S/C9H19NO/c1-9(2,3)11-8-5-4-7(10)6-8/h7-8H,4-6,10H2,1-3H3. The minimum atomic E-state index is -0.00523. The van der Waals surface area contributed by atoms with Crippen LogP contribution in [0.1, 0.15) is 40.0 Å². The molecule has 0 spiro atoms. The summed E-state index contributed by atoms with van der Waals surface area (Å²) in [6.07, 6.45) is 3.71. The molecule has 0 bridgehead atoms. The lowest BCUT2D eigenvalue weighted by Crippen LogP contribution is -2.27. The molecule has 0 aromatic heterocycles. The van der Waals surface area contributed by atoms with Crippen LogP contribution in [0.25, 0.3) is 0 Å². The first-order valence-corrected chi connectivity index (χ1v) is 4.41. The fraction of sp³-hybridized carbons (Fsp3) is 1.00. The molecule has 66 valence electrons. The highest BCUT2D eigenvalue weighted by Gasteiger charge is 2.26. The van der Waals surface area contributed by atoms with E-state index >= 15 is 0 Å². The Bertz CT molecular complexity index is 128. The van der Waals surface area contributed by atoms with Crippen molar-refractivity contribution in [3.05, 3.63) is 0 Å². The predicted molar refractivity (Wildman–Crippen MR) is 46.5 cm³/mol. The van der Waals surface area contributed by atoms with Gasteiger partial charge in [-0.05, 0) is 40.0 Å². The first-order valence-electron chi connectivity index (χ1n) is 4.41. The molecule has 11 heavy (non-hydrogen) atoms. The zero-order chi connectivity index (χ0) is 8.48. The van der Waals surface area contributed by atoms with Gasteiger partial charge in [-0.1, -0.05) is 0 Å². The molecule has 0 aliphatic heterocycles. The van der Waals surface area contributed by atoms with E-state index in [1.807, 2.05) is 0 Å². The summed E-state index contributed by atoms with van der Waals surface area (Å²) < 4.78 is 5.79. The molecule has 1 aliphatic rings. The summed E-state index contributed by atoms with van der Waals surface area (Å²) in [6, 6.07) is 0.377. The van der Waals surface area contributed by atoms with Crippen LogP contribution in [0.4, 0.5) is 0 Å². The molecule has 0 saturated heterocycles. The SMILES string of the molecule is CC(C)(C)OC1CCC(N)C1. The second kappa shape index (κ2) is 3.11. The van der Waals surface area contributed by atoms with E-state index in [1.54, 1.807) is 0 Å². The van der Waals surface area contributed by atoms with Crippen LogP contribution in [0.15, 0.2) is 0 Å². The topological polar surface area (TPSA) is 35.2 Å². The molecule has 1 rings (SSSR count). The maximum Gasteiger partial charge on any atom is 0.0602 e. The summed E-state index contributed by atoms with van der Waals surface area (Å²) in [5.41, 5.74) is 5.76. The number of rotatable bonds is 1. The molecular weight excluding hydrogens is 138 g/mol. The highest BCUT2D eigenvalue weighted by atomic mass is 16.5. The molecule has 2 N–H and O–H groups in total. The molecule has 0 aromatic rings. The van der Waals surface area contributed by atoms with Crippen LogP contribution < -0.4 is 5.73 Å². The van der Waals surface area contributed by atoms with Gasteiger partial charge in [-0.2, -0.15) is 0 Å². The van der Waals surface area contributed by atoms with Crippen LogP contribution in [0.5, 0.6) is 0 Å². The maximum atomic E-state index is 5.79. The van der Waals surface area contributed by atoms with Crippen LogP contribution in [-0.4, -0.2) is 17.7 Å². The zero-order valence-corrected chi connectivity index (χ0v) is 7.76. The smallest absolute Gasteiger partial charge is 0.0602 e. The minimum absolute atomic E-state index is 0.00523. The van der Waals surface area contributed by atoms with E-state index in [2.05, 4.69) is 20.8 Å². The van der Waals surface area contributed by atoms with Gasteiger partial charge in [0.25, 0.3) is 0 Å². The monoisotopic (exact) mass is 157 g/mol. The summed E-state index contributed by atoms with van der Waals surface area (Å²) in [4.78, 5) is 0. The molecule has 0 radical (unpaired) electrons. The molecule has 2 unspecified atom stereocenters. The number of hydrogen-bond donors (Lipinski definition) is 1. The lowest BCUT2D eigenvalue weighted by Gasteiger charge is -2.24. The Morgan fingerprint density at radius 2 is 1.91 bits per heavy atom. The van der Waals surface area contributed by atoms with Crippen LogP contribution in [0.3, 0.4) is 0 Å². The molecular formula is C9H19NO. The zero-order valence-electron chi connectivity index (χ0n) is 7.76. The Balaban J connectivity index is 2.29. The highest BCUT2D eigenvalue weighted by Crippen LogP contribution is 2.24. The van der Waals surface area contributed by atoms with Gasteiger partial charge >= 0.3 is 0 Å². The fourth-order valence-electron chi connectivity index (χ4n) is 1.58. The van der Waals surface area contributed by atoms with Crippen molar-refractivity contribution in [1.29, 1.82) is 0 Å². The first-order chi connectivity index (χ1) is 4.97. The van der Waals surface area contributed by atoms with Crippen molar-refractivity contribution in [3.63, 3.8) is 0 Å². The van der Waals surface area contributed by atoms with Gasteiger partial charge in [0.05, 0.1) is 11.7 Å². The third-order valence-electron chi connectivity index (χ3n) is 1.95. The second-order valence-corrected chi connectivity index (χ2v) is 4.43. The molecule has 0 amide bonds. The molecule has 2 atom stereocenters. The molecule has 0 heterocycles. The van der Waals surface area contributed by atoms with Crippen LogP contribution in [-0.2, 0) is 4.74 Å². The van der Waals surface area contributed by atoms with Gasteiger partial charge in [-0.25, -0.2) is 0 Å². The van der Waals surface area contributed by atoms with Gasteiger partial charge < -0.3 is 10.5 Å². The van der Waals surface area contributed by atoms with Gasteiger partial charge in [0.1, 0.15) is 0 Å². The lowest BCUT2D eigenvalue weighted by molar-refractivity contribution is -0.0562. The van der Waals surface area contributed by atoms with E-state index in [1.165, 1.54) is 0 Å². The van der Waals surface area contributed by atoms with Gasteiger partial charge in [-0.15, -0.1) is 0 Å². The number of hydrogen-bond acceptors (Lipinski definition) is 2. The molecule has 2 heteroatoms.